The van der Waals surface area contributed by atoms with Crippen LogP contribution in [0.1, 0.15) is 43.0 Å². The minimum atomic E-state index is -0.911. The number of hydrogen-bond donors (Lipinski definition) is 1. The summed E-state index contributed by atoms with van der Waals surface area (Å²) >= 11 is 0. The fourth-order valence-electron chi connectivity index (χ4n) is 3.24. The van der Waals surface area contributed by atoms with Gasteiger partial charge in [0.1, 0.15) is 5.75 Å². The van der Waals surface area contributed by atoms with Crippen molar-refractivity contribution in [1.82, 2.24) is 0 Å². The number of rotatable bonds is 12. The molecule has 2 unspecified atom stereocenters. The van der Waals surface area contributed by atoms with E-state index in [0.717, 1.165) is 62.4 Å². The van der Waals surface area contributed by atoms with E-state index in [1.54, 1.807) is 12.1 Å². The van der Waals surface area contributed by atoms with Crippen molar-refractivity contribution in [3.05, 3.63) is 54.1 Å². The molecule has 156 valence electrons. The average molecular weight is 398 g/mol. The molecule has 5 nitrogen and oxygen atoms in total. The molecule has 0 amide bonds. The number of ether oxygens (including phenoxy) is 3. The van der Waals surface area contributed by atoms with Gasteiger partial charge in [-0.25, -0.2) is 4.79 Å². The third-order valence-corrected chi connectivity index (χ3v) is 5.26. The summed E-state index contributed by atoms with van der Waals surface area (Å²) in [4.78, 5) is 10.9. The zero-order chi connectivity index (χ0) is 20.5. The molecule has 2 aromatic carbocycles. The van der Waals surface area contributed by atoms with Gasteiger partial charge in [-0.1, -0.05) is 37.6 Å². The van der Waals surface area contributed by atoms with Crippen LogP contribution in [0.5, 0.6) is 5.75 Å². The SMILES string of the molecule is CC1COC1COCCCCCCOc1ccc(-c2ccc(C(=O)O)cc2)cc1. The van der Waals surface area contributed by atoms with Gasteiger partial charge in [0.25, 0.3) is 0 Å². The summed E-state index contributed by atoms with van der Waals surface area (Å²) in [7, 11) is 0. The van der Waals surface area contributed by atoms with Gasteiger partial charge in [-0.05, 0) is 54.7 Å². The second kappa shape index (κ2) is 11.0. The first-order valence-corrected chi connectivity index (χ1v) is 10.4. The van der Waals surface area contributed by atoms with Crippen LogP contribution < -0.4 is 4.74 Å². The second-order valence-electron chi connectivity index (χ2n) is 7.59. The van der Waals surface area contributed by atoms with E-state index in [1.807, 2.05) is 36.4 Å². The fraction of sp³-hybridized carbons (Fsp3) is 0.458. The van der Waals surface area contributed by atoms with Gasteiger partial charge >= 0.3 is 5.97 Å². The first-order chi connectivity index (χ1) is 14.1. The van der Waals surface area contributed by atoms with E-state index in [-0.39, 0.29) is 0 Å². The van der Waals surface area contributed by atoms with Gasteiger partial charge in [0.15, 0.2) is 0 Å². The van der Waals surface area contributed by atoms with Crippen LogP contribution in [0.15, 0.2) is 48.5 Å². The van der Waals surface area contributed by atoms with Gasteiger partial charge in [-0.15, -0.1) is 0 Å². The molecule has 2 aromatic rings. The van der Waals surface area contributed by atoms with Crippen LogP contribution in [0.4, 0.5) is 0 Å². The standard InChI is InChI=1S/C24H30O5/c1-18-16-29-23(18)17-27-14-4-2-3-5-15-28-22-12-10-20(11-13-22)19-6-8-21(9-7-19)24(25)26/h6-13,18,23H,2-5,14-17H2,1H3,(H,25,26). The Labute approximate surface area is 172 Å². The highest BCUT2D eigenvalue weighted by Crippen LogP contribution is 2.23. The van der Waals surface area contributed by atoms with Crippen LogP contribution >= 0.6 is 0 Å². The highest BCUT2D eigenvalue weighted by molar-refractivity contribution is 5.88. The van der Waals surface area contributed by atoms with Crippen LogP contribution in [0.25, 0.3) is 11.1 Å². The molecule has 0 aliphatic carbocycles. The predicted octanol–water partition coefficient (Wildman–Crippen LogP) is 5.04. The predicted molar refractivity (Wildman–Crippen MR) is 113 cm³/mol. The van der Waals surface area contributed by atoms with E-state index in [1.165, 1.54) is 0 Å². The molecular formula is C24H30O5. The van der Waals surface area contributed by atoms with Crippen molar-refractivity contribution in [2.24, 2.45) is 5.92 Å². The monoisotopic (exact) mass is 398 g/mol. The van der Waals surface area contributed by atoms with E-state index in [4.69, 9.17) is 19.3 Å². The van der Waals surface area contributed by atoms with Crippen molar-refractivity contribution < 1.29 is 24.1 Å². The third-order valence-electron chi connectivity index (χ3n) is 5.26. The molecule has 2 atom stereocenters. The maximum atomic E-state index is 10.9. The fourth-order valence-corrected chi connectivity index (χ4v) is 3.24. The molecule has 29 heavy (non-hydrogen) atoms. The van der Waals surface area contributed by atoms with Crippen LogP contribution in [0, 0.1) is 5.92 Å². The Morgan fingerprint density at radius 1 is 0.966 bits per heavy atom. The van der Waals surface area contributed by atoms with Gasteiger partial charge in [0, 0.05) is 12.5 Å². The number of carbonyl (C=O) groups is 1. The van der Waals surface area contributed by atoms with Crippen molar-refractivity contribution in [3.8, 4) is 16.9 Å². The number of carboxylic acid groups (broad SMARTS) is 1. The maximum absolute atomic E-state index is 10.9. The summed E-state index contributed by atoms with van der Waals surface area (Å²) in [5.41, 5.74) is 2.32. The summed E-state index contributed by atoms with van der Waals surface area (Å²) in [6, 6.07) is 14.8. The van der Waals surface area contributed by atoms with Crippen molar-refractivity contribution >= 4 is 5.97 Å². The summed E-state index contributed by atoms with van der Waals surface area (Å²) in [6.07, 6.45) is 4.69. The molecule has 5 heteroatoms. The highest BCUT2D eigenvalue weighted by atomic mass is 16.5. The smallest absolute Gasteiger partial charge is 0.335 e. The number of hydrogen-bond acceptors (Lipinski definition) is 4. The molecule has 0 saturated carbocycles. The largest absolute Gasteiger partial charge is 0.494 e. The van der Waals surface area contributed by atoms with Gasteiger partial charge < -0.3 is 19.3 Å². The summed E-state index contributed by atoms with van der Waals surface area (Å²) in [5, 5.41) is 8.97. The number of carboxylic acids is 1. The lowest BCUT2D eigenvalue weighted by Crippen LogP contribution is -2.41. The summed E-state index contributed by atoms with van der Waals surface area (Å²) in [6.45, 7) is 5.31. The maximum Gasteiger partial charge on any atom is 0.335 e. The Balaban J connectivity index is 1.27. The molecule has 1 saturated heterocycles. The molecule has 1 aliphatic heterocycles. The molecular weight excluding hydrogens is 368 g/mol. The highest BCUT2D eigenvalue weighted by Gasteiger charge is 2.27. The minimum absolute atomic E-state index is 0.294. The zero-order valence-corrected chi connectivity index (χ0v) is 17.0. The molecule has 1 fully saturated rings. The Bertz CT molecular complexity index is 754. The Morgan fingerprint density at radius 3 is 2.14 bits per heavy atom. The first kappa shape index (κ1) is 21.3. The molecule has 1 heterocycles. The first-order valence-electron chi connectivity index (χ1n) is 10.4. The summed E-state index contributed by atoms with van der Waals surface area (Å²) < 4.78 is 16.9. The number of aromatic carboxylic acids is 1. The zero-order valence-electron chi connectivity index (χ0n) is 17.0. The van der Waals surface area contributed by atoms with E-state index >= 15 is 0 Å². The quantitative estimate of drug-likeness (QED) is 0.507. The van der Waals surface area contributed by atoms with E-state index in [0.29, 0.717) is 24.2 Å². The molecule has 0 aromatic heterocycles. The number of benzene rings is 2. The van der Waals surface area contributed by atoms with Gasteiger partial charge in [0.2, 0.25) is 0 Å². The van der Waals surface area contributed by atoms with Gasteiger partial charge in [-0.2, -0.15) is 0 Å². The van der Waals surface area contributed by atoms with Crippen molar-refractivity contribution in [1.29, 1.82) is 0 Å². The molecule has 0 radical (unpaired) electrons. The lowest BCUT2D eigenvalue weighted by Gasteiger charge is -2.33. The van der Waals surface area contributed by atoms with Gasteiger partial charge in [-0.3, -0.25) is 0 Å². The molecule has 1 aliphatic rings. The van der Waals surface area contributed by atoms with E-state index in [2.05, 4.69) is 6.92 Å². The molecule has 3 rings (SSSR count). The van der Waals surface area contributed by atoms with Crippen molar-refractivity contribution in [3.63, 3.8) is 0 Å². The Hall–Kier alpha value is -2.37. The lowest BCUT2D eigenvalue weighted by molar-refractivity contribution is -0.139. The van der Waals surface area contributed by atoms with Gasteiger partial charge in [0.05, 0.1) is 31.5 Å². The Kier molecular flexibility index (Phi) is 8.08. The third kappa shape index (κ3) is 6.58. The lowest BCUT2D eigenvalue weighted by atomic mass is 10.0. The van der Waals surface area contributed by atoms with Crippen LogP contribution in [-0.2, 0) is 9.47 Å². The minimum Gasteiger partial charge on any atom is -0.494 e. The topological polar surface area (TPSA) is 65.0 Å². The van der Waals surface area contributed by atoms with Crippen LogP contribution in [-0.4, -0.2) is 43.6 Å². The summed E-state index contributed by atoms with van der Waals surface area (Å²) in [5.74, 6) is 0.582. The average Bonchev–Trinajstić information content (AvgIpc) is 2.74. The van der Waals surface area contributed by atoms with Crippen LogP contribution in [0.2, 0.25) is 0 Å². The second-order valence-corrected chi connectivity index (χ2v) is 7.59. The van der Waals surface area contributed by atoms with E-state index in [9.17, 15) is 4.79 Å². The van der Waals surface area contributed by atoms with Crippen LogP contribution in [0.3, 0.4) is 0 Å². The molecule has 0 spiro atoms. The van der Waals surface area contributed by atoms with Crippen molar-refractivity contribution in [2.75, 3.05) is 26.4 Å². The molecule has 0 bridgehead atoms. The molecule has 1 N–H and O–H groups in total. The van der Waals surface area contributed by atoms with Crippen molar-refractivity contribution in [2.45, 2.75) is 38.7 Å². The van der Waals surface area contributed by atoms with E-state index < -0.39 is 5.97 Å². The number of unbranched alkanes of at least 4 members (excludes halogenated alkanes) is 3. The Morgan fingerprint density at radius 2 is 1.59 bits per heavy atom. The normalized spacial score (nSPS) is 18.2.